The summed E-state index contributed by atoms with van der Waals surface area (Å²) in [5.74, 6) is 0.714. The number of anilines is 2. The summed E-state index contributed by atoms with van der Waals surface area (Å²) in [7, 11) is 1.64. The summed E-state index contributed by atoms with van der Waals surface area (Å²) in [6.07, 6.45) is 4.78. The number of nitrogens with zero attached hydrogens (tertiary/aromatic N) is 5. The van der Waals surface area contributed by atoms with Gasteiger partial charge in [0, 0.05) is 32.7 Å². The van der Waals surface area contributed by atoms with Gasteiger partial charge in [-0.25, -0.2) is 9.97 Å². The molecule has 1 aromatic heterocycles. The van der Waals surface area contributed by atoms with E-state index in [1.807, 2.05) is 0 Å². The molecule has 1 N–H and O–H groups in total. The van der Waals surface area contributed by atoms with E-state index in [-0.39, 0.29) is 11.5 Å². The van der Waals surface area contributed by atoms with Crippen LogP contribution in [0.25, 0.3) is 0 Å². The summed E-state index contributed by atoms with van der Waals surface area (Å²) < 4.78 is 0. The molecule has 0 saturated carbocycles. The fourth-order valence-corrected chi connectivity index (χ4v) is 3.35. The molecule has 2 aliphatic rings. The Bertz CT molecular complexity index is 537. The molecule has 1 aromatic rings. The maximum absolute atomic E-state index is 11.4. The van der Waals surface area contributed by atoms with Gasteiger partial charge in [0.15, 0.2) is 0 Å². The molecule has 0 radical (unpaired) electrons. The van der Waals surface area contributed by atoms with E-state index in [9.17, 15) is 10.1 Å². The van der Waals surface area contributed by atoms with Crippen LogP contribution in [0.5, 0.6) is 0 Å². The average Bonchev–Trinajstić information content (AvgIpc) is 2.83. The molecule has 8 nitrogen and oxygen atoms in total. The number of nitro groups is 1. The van der Waals surface area contributed by atoms with E-state index in [1.165, 1.54) is 12.7 Å². The number of hydrogen-bond acceptors (Lipinski definition) is 7. The molecule has 0 bridgehead atoms. The Morgan fingerprint density at radius 1 is 1.33 bits per heavy atom. The van der Waals surface area contributed by atoms with Crippen molar-refractivity contribution in [1.82, 2.24) is 14.9 Å². The molecule has 3 heterocycles. The molecule has 8 heteroatoms. The second-order valence-corrected chi connectivity index (χ2v) is 5.53. The third kappa shape index (κ3) is 2.63. The van der Waals surface area contributed by atoms with E-state index in [0.717, 1.165) is 39.0 Å². The van der Waals surface area contributed by atoms with Gasteiger partial charge in [-0.3, -0.25) is 15.0 Å². The van der Waals surface area contributed by atoms with Crippen LogP contribution in [0.1, 0.15) is 19.3 Å². The van der Waals surface area contributed by atoms with Crippen molar-refractivity contribution in [3.8, 4) is 0 Å². The van der Waals surface area contributed by atoms with Crippen molar-refractivity contribution < 1.29 is 4.92 Å². The first-order valence-corrected chi connectivity index (χ1v) is 7.37. The topological polar surface area (TPSA) is 87.4 Å². The second kappa shape index (κ2) is 5.80. The molecule has 0 spiro atoms. The normalized spacial score (nSPS) is 22.7. The monoisotopic (exact) mass is 292 g/mol. The first-order chi connectivity index (χ1) is 10.2. The van der Waals surface area contributed by atoms with Crippen LogP contribution >= 0.6 is 0 Å². The highest BCUT2D eigenvalue weighted by molar-refractivity contribution is 5.70. The first-order valence-electron chi connectivity index (χ1n) is 7.37. The molecule has 2 fully saturated rings. The van der Waals surface area contributed by atoms with Gasteiger partial charge in [-0.05, 0) is 25.8 Å². The van der Waals surface area contributed by atoms with Crippen LogP contribution in [0.3, 0.4) is 0 Å². The lowest BCUT2D eigenvalue weighted by molar-refractivity contribution is -0.383. The van der Waals surface area contributed by atoms with Crippen LogP contribution in [0, 0.1) is 10.1 Å². The van der Waals surface area contributed by atoms with Crippen LogP contribution in [0.2, 0.25) is 0 Å². The molecule has 2 saturated heterocycles. The predicted octanol–water partition coefficient (Wildman–Crippen LogP) is 1.10. The van der Waals surface area contributed by atoms with Crippen LogP contribution in [0.4, 0.5) is 17.3 Å². The summed E-state index contributed by atoms with van der Waals surface area (Å²) in [4.78, 5) is 23.7. The van der Waals surface area contributed by atoms with Gasteiger partial charge in [-0.15, -0.1) is 0 Å². The quantitative estimate of drug-likeness (QED) is 0.659. The number of aromatic nitrogens is 2. The highest BCUT2D eigenvalue weighted by atomic mass is 16.6. The van der Waals surface area contributed by atoms with Crippen molar-refractivity contribution in [2.75, 3.05) is 43.4 Å². The fourth-order valence-electron chi connectivity index (χ4n) is 3.35. The zero-order valence-corrected chi connectivity index (χ0v) is 12.2. The van der Waals surface area contributed by atoms with Crippen LogP contribution < -0.4 is 10.2 Å². The highest BCUT2D eigenvalue weighted by Gasteiger charge is 2.33. The molecule has 1 unspecified atom stereocenters. The van der Waals surface area contributed by atoms with Crippen molar-refractivity contribution in [1.29, 1.82) is 0 Å². The van der Waals surface area contributed by atoms with E-state index in [1.54, 1.807) is 7.05 Å². The Morgan fingerprint density at radius 2 is 2.14 bits per heavy atom. The minimum atomic E-state index is -0.390. The lowest BCUT2D eigenvalue weighted by atomic mass is 10.2. The number of nitrogens with one attached hydrogen (secondary N) is 1. The van der Waals surface area contributed by atoms with Gasteiger partial charge in [0.1, 0.15) is 6.33 Å². The molecule has 3 rings (SSSR count). The molecule has 0 aromatic carbocycles. The van der Waals surface area contributed by atoms with Crippen LogP contribution in [-0.4, -0.2) is 59.1 Å². The average molecular weight is 292 g/mol. The van der Waals surface area contributed by atoms with Gasteiger partial charge in [-0.2, -0.15) is 0 Å². The summed E-state index contributed by atoms with van der Waals surface area (Å²) >= 11 is 0. The Hall–Kier alpha value is -1.96. The fraction of sp³-hybridized carbons (Fsp3) is 0.692. The van der Waals surface area contributed by atoms with E-state index >= 15 is 0 Å². The molecular formula is C13H20N6O2. The third-order valence-electron chi connectivity index (χ3n) is 4.33. The molecule has 2 aliphatic heterocycles. The molecular weight excluding hydrogens is 272 g/mol. The van der Waals surface area contributed by atoms with Gasteiger partial charge in [-0.1, -0.05) is 0 Å². The SMILES string of the molecule is CNc1ncnc(N2CCCN3CCCC3C2)c1[N+](=O)[O-]. The Balaban J connectivity index is 1.93. The molecule has 114 valence electrons. The van der Waals surface area contributed by atoms with Crippen molar-refractivity contribution >= 4 is 17.3 Å². The largest absolute Gasteiger partial charge is 0.367 e. The highest BCUT2D eigenvalue weighted by Crippen LogP contribution is 2.33. The van der Waals surface area contributed by atoms with Crippen molar-refractivity contribution in [3.05, 3.63) is 16.4 Å². The Kier molecular flexibility index (Phi) is 3.87. The minimum absolute atomic E-state index is 0.0218. The summed E-state index contributed by atoms with van der Waals surface area (Å²) in [6.45, 7) is 3.82. The Labute approximate surface area is 123 Å². The maximum atomic E-state index is 11.4. The van der Waals surface area contributed by atoms with E-state index in [2.05, 4.69) is 25.1 Å². The molecule has 21 heavy (non-hydrogen) atoms. The summed E-state index contributed by atoms with van der Waals surface area (Å²) in [5.41, 5.74) is -0.0218. The maximum Gasteiger partial charge on any atom is 0.353 e. The number of fused-ring (bicyclic) bond motifs is 1. The number of rotatable bonds is 3. The van der Waals surface area contributed by atoms with Crippen molar-refractivity contribution in [3.63, 3.8) is 0 Å². The number of hydrogen-bond donors (Lipinski definition) is 1. The minimum Gasteiger partial charge on any atom is -0.367 e. The van der Waals surface area contributed by atoms with Crippen molar-refractivity contribution in [2.24, 2.45) is 0 Å². The Morgan fingerprint density at radius 3 is 2.90 bits per heavy atom. The standard InChI is InChI=1S/C13H20N6O2/c1-14-12-11(19(20)21)13(16-9-15-12)18-7-3-6-17-5-2-4-10(17)8-18/h9-10H,2-8H2,1H3,(H,14,15,16). The summed E-state index contributed by atoms with van der Waals surface area (Å²) in [6, 6.07) is 0.486. The summed E-state index contributed by atoms with van der Waals surface area (Å²) in [5, 5.41) is 14.2. The lowest BCUT2D eigenvalue weighted by Crippen LogP contribution is -2.37. The van der Waals surface area contributed by atoms with E-state index in [4.69, 9.17) is 0 Å². The van der Waals surface area contributed by atoms with Gasteiger partial charge >= 0.3 is 5.69 Å². The van der Waals surface area contributed by atoms with Gasteiger partial charge < -0.3 is 10.2 Å². The second-order valence-electron chi connectivity index (χ2n) is 5.53. The first kappa shape index (κ1) is 14.0. The molecule has 0 amide bonds. The molecule has 1 atom stereocenters. The lowest BCUT2D eigenvalue weighted by Gasteiger charge is -2.26. The third-order valence-corrected chi connectivity index (χ3v) is 4.33. The van der Waals surface area contributed by atoms with E-state index in [0.29, 0.717) is 11.9 Å². The van der Waals surface area contributed by atoms with Gasteiger partial charge in [0.25, 0.3) is 0 Å². The van der Waals surface area contributed by atoms with Gasteiger partial charge in [0.2, 0.25) is 11.6 Å². The van der Waals surface area contributed by atoms with Crippen LogP contribution in [-0.2, 0) is 0 Å². The smallest absolute Gasteiger partial charge is 0.353 e. The van der Waals surface area contributed by atoms with Gasteiger partial charge in [0.05, 0.1) is 4.92 Å². The zero-order valence-electron chi connectivity index (χ0n) is 12.2. The zero-order chi connectivity index (χ0) is 14.8. The van der Waals surface area contributed by atoms with E-state index < -0.39 is 4.92 Å². The van der Waals surface area contributed by atoms with Crippen LogP contribution in [0.15, 0.2) is 6.33 Å². The predicted molar refractivity (Wildman–Crippen MR) is 79.7 cm³/mol. The van der Waals surface area contributed by atoms with Crippen molar-refractivity contribution in [2.45, 2.75) is 25.3 Å². The molecule has 0 aliphatic carbocycles.